The van der Waals surface area contributed by atoms with Crippen molar-refractivity contribution >= 4 is 0 Å². The van der Waals surface area contributed by atoms with Gasteiger partial charge in [-0.15, -0.1) is 0 Å². The topological polar surface area (TPSA) is 32.5 Å². The van der Waals surface area contributed by atoms with Crippen molar-refractivity contribution in [3.8, 4) is 0 Å². The summed E-state index contributed by atoms with van der Waals surface area (Å²) >= 11 is 0. The molecular formula is C13H29N3. The van der Waals surface area contributed by atoms with E-state index in [2.05, 4.69) is 37.7 Å². The number of hydrogen-bond donors (Lipinski definition) is 1. The number of rotatable bonds is 5. The van der Waals surface area contributed by atoms with Crippen LogP contribution in [0.25, 0.3) is 0 Å². The lowest BCUT2D eigenvalue weighted by molar-refractivity contribution is 0.0547. The van der Waals surface area contributed by atoms with E-state index in [0.29, 0.717) is 18.1 Å². The van der Waals surface area contributed by atoms with Crippen LogP contribution in [0.4, 0.5) is 0 Å². The summed E-state index contributed by atoms with van der Waals surface area (Å²) in [5.41, 5.74) is 5.74. The van der Waals surface area contributed by atoms with E-state index in [1.807, 2.05) is 0 Å². The second kappa shape index (κ2) is 6.58. The van der Waals surface area contributed by atoms with Crippen LogP contribution in [0.1, 0.15) is 39.5 Å². The first-order valence-corrected chi connectivity index (χ1v) is 6.70. The van der Waals surface area contributed by atoms with Gasteiger partial charge >= 0.3 is 0 Å². The van der Waals surface area contributed by atoms with Crippen molar-refractivity contribution in [2.75, 3.05) is 27.2 Å². The molecule has 0 unspecified atom stereocenters. The maximum absolute atomic E-state index is 5.74. The minimum absolute atomic E-state index is 0.606. The minimum atomic E-state index is 0.606. The molecule has 0 heterocycles. The van der Waals surface area contributed by atoms with E-state index in [9.17, 15) is 0 Å². The average Bonchev–Trinajstić information content (AvgIpc) is 2.25. The summed E-state index contributed by atoms with van der Waals surface area (Å²) in [6.45, 7) is 6.38. The van der Waals surface area contributed by atoms with Gasteiger partial charge in [0.05, 0.1) is 0 Å². The van der Waals surface area contributed by atoms with Gasteiger partial charge < -0.3 is 10.6 Å². The smallest absolute Gasteiger partial charge is 0.0254 e. The first-order chi connectivity index (χ1) is 7.57. The lowest BCUT2D eigenvalue weighted by Crippen LogP contribution is -2.54. The van der Waals surface area contributed by atoms with E-state index in [-0.39, 0.29) is 0 Å². The van der Waals surface area contributed by atoms with Crippen LogP contribution in [-0.4, -0.2) is 55.1 Å². The molecule has 1 saturated carbocycles. The van der Waals surface area contributed by atoms with Crippen LogP contribution >= 0.6 is 0 Å². The van der Waals surface area contributed by atoms with Gasteiger partial charge in [-0.1, -0.05) is 12.8 Å². The van der Waals surface area contributed by atoms with Crippen molar-refractivity contribution in [3.05, 3.63) is 0 Å². The molecule has 0 amide bonds. The molecule has 0 aromatic rings. The van der Waals surface area contributed by atoms with Crippen LogP contribution in [0.3, 0.4) is 0 Å². The summed E-state index contributed by atoms with van der Waals surface area (Å²) in [7, 11) is 4.42. The molecule has 1 aliphatic rings. The van der Waals surface area contributed by atoms with Crippen molar-refractivity contribution in [2.24, 2.45) is 5.73 Å². The van der Waals surface area contributed by atoms with Gasteiger partial charge in [0.25, 0.3) is 0 Å². The van der Waals surface area contributed by atoms with Crippen molar-refractivity contribution in [1.29, 1.82) is 0 Å². The lowest BCUT2D eigenvalue weighted by Gasteiger charge is -2.44. The Morgan fingerprint density at radius 3 is 2.12 bits per heavy atom. The van der Waals surface area contributed by atoms with Crippen LogP contribution in [-0.2, 0) is 0 Å². The summed E-state index contributed by atoms with van der Waals surface area (Å²) in [4.78, 5) is 5.00. The third-order valence-electron chi connectivity index (χ3n) is 3.83. The summed E-state index contributed by atoms with van der Waals surface area (Å²) in [5.74, 6) is 0. The Morgan fingerprint density at radius 1 is 1.12 bits per heavy atom. The summed E-state index contributed by atoms with van der Waals surface area (Å²) in [5, 5.41) is 0. The first-order valence-electron chi connectivity index (χ1n) is 6.70. The lowest BCUT2D eigenvalue weighted by atomic mass is 9.87. The molecule has 0 spiro atoms. The molecule has 0 radical (unpaired) electrons. The molecule has 3 nitrogen and oxygen atoms in total. The molecule has 96 valence electrons. The van der Waals surface area contributed by atoms with Gasteiger partial charge in [0.2, 0.25) is 0 Å². The van der Waals surface area contributed by atoms with E-state index in [1.165, 1.54) is 25.7 Å². The fraction of sp³-hybridized carbons (Fsp3) is 1.00. The molecule has 0 saturated heterocycles. The van der Waals surface area contributed by atoms with Crippen molar-refractivity contribution < 1.29 is 0 Å². The van der Waals surface area contributed by atoms with Crippen LogP contribution in [0, 0.1) is 0 Å². The van der Waals surface area contributed by atoms with Crippen molar-refractivity contribution in [3.63, 3.8) is 0 Å². The fourth-order valence-electron chi connectivity index (χ4n) is 3.04. The normalized spacial score (nSPS) is 27.0. The van der Waals surface area contributed by atoms with E-state index in [0.717, 1.165) is 13.1 Å². The van der Waals surface area contributed by atoms with Crippen LogP contribution in [0.5, 0.6) is 0 Å². The maximum atomic E-state index is 5.74. The second-order valence-electron chi connectivity index (χ2n) is 5.50. The second-order valence-corrected chi connectivity index (χ2v) is 5.50. The van der Waals surface area contributed by atoms with Gasteiger partial charge in [0.15, 0.2) is 0 Å². The Hall–Kier alpha value is -0.120. The largest absolute Gasteiger partial charge is 0.329 e. The molecule has 16 heavy (non-hydrogen) atoms. The minimum Gasteiger partial charge on any atom is -0.329 e. The highest BCUT2D eigenvalue weighted by atomic mass is 15.2. The summed E-state index contributed by atoms with van der Waals surface area (Å²) < 4.78 is 0. The molecule has 0 bridgehead atoms. The Bertz CT molecular complexity index is 192. The SMILES string of the molecule is CC(C)N(CCN)[C@@H]1CCCC[C@@H]1N(C)C. The van der Waals surface area contributed by atoms with Gasteiger partial charge in [-0.05, 0) is 40.8 Å². The van der Waals surface area contributed by atoms with E-state index in [4.69, 9.17) is 5.73 Å². The highest BCUT2D eigenvalue weighted by Crippen LogP contribution is 2.27. The number of hydrogen-bond acceptors (Lipinski definition) is 3. The van der Waals surface area contributed by atoms with Gasteiger partial charge in [-0.3, -0.25) is 4.90 Å². The zero-order chi connectivity index (χ0) is 12.1. The number of nitrogens with two attached hydrogens (primary N) is 1. The van der Waals surface area contributed by atoms with Crippen molar-refractivity contribution in [1.82, 2.24) is 9.80 Å². The molecule has 0 aromatic carbocycles. The standard InChI is InChI=1S/C13H29N3/c1-11(2)16(10-9-14)13-8-6-5-7-12(13)15(3)4/h11-13H,5-10,14H2,1-4H3/t12-,13+/m0/s1. The molecule has 0 aromatic heterocycles. The van der Waals surface area contributed by atoms with Crippen LogP contribution < -0.4 is 5.73 Å². The van der Waals surface area contributed by atoms with Crippen LogP contribution in [0.2, 0.25) is 0 Å². The molecule has 2 N–H and O–H groups in total. The van der Waals surface area contributed by atoms with Crippen molar-refractivity contribution in [2.45, 2.75) is 57.7 Å². The van der Waals surface area contributed by atoms with Gasteiger partial charge in [-0.25, -0.2) is 0 Å². The summed E-state index contributed by atoms with van der Waals surface area (Å²) in [6.07, 6.45) is 5.43. The third-order valence-corrected chi connectivity index (χ3v) is 3.83. The Kier molecular flexibility index (Phi) is 5.73. The third kappa shape index (κ3) is 3.44. The quantitative estimate of drug-likeness (QED) is 0.773. The average molecular weight is 227 g/mol. The van der Waals surface area contributed by atoms with Gasteiger partial charge in [0, 0.05) is 31.2 Å². The highest BCUT2D eigenvalue weighted by molar-refractivity contribution is 4.89. The van der Waals surface area contributed by atoms with Crippen LogP contribution in [0.15, 0.2) is 0 Å². The van der Waals surface area contributed by atoms with Gasteiger partial charge in [-0.2, -0.15) is 0 Å². The summed E-state index contributed by atoms with van der Waals surface area (Å²) in [6, 6.07) is 2.02. The molecule has 1 rings (SSSR count). The zero-order valence-corrected chi connectivity index (χ0v) is 11.4. The Morgan fingerprint density at radius 2 is 1.69 bits per heavy atom. The van der Waals surface area contributed by atoms with E-state index < -0.39 is 0 Å². The Labute approximate surface area is 101 Å². The zero-order valence-electron chi connectivity index (χ0n) is 11.4. The monoisotopic (exact) mass is 227 g/mol. The Balaban J connectivity index is 2.70. The number of likely N-dealkylation sites (N-methyl/N-ethyl adjacent to an activating group) is 1. The molecule has 0 aliphatic heterocycles. The predicted molar refractivity (Wildman–Crippen MR) is 70.6 cm³/mol. The van der Waals surface area contributed by atoms with E-state index in [1.54, 1.807) is 0 Å². The molecule has 1 aliphatic carbocycles. The molecule has 3 heteroatoms. The molecular weight excluding hydrogens is 198 g/mol. The molecule has 2 atom stereocenters. The fourth-order valence-corrected chi connectivity index (χ4v) is 3.04. The highest BCUT2D eigenvalue weighted by Gasteiger charge is 2.32. The first kappa shape index (κ1) is 13.9. The van der Waals surface area contributed by atoms with E-state index >= 15 is 0 Å². The van der Waals surface area contributed by atoms with Gasteiger partial charge in [0.1, 0.15) is 0 Å². The predicted octanol–water partition coefficient (Wildman–Crippen LogP) is 1.53. The maximum Gasteiger partial charge on any atom is 0.0254 e. The molecule has 1 fully saturated rings. The number of nitrogens with zero attached hydrogens (tertiary/aromatic N) is 2.